The summed E-state index contributed by atoms with van der Waals surface area (Å²) in [6.07, 6.45) is 61.2. The number of carbonyl (C=O) groups is 4. The Morgan fingerprint density at radius 3 is 0.760 bits per heavy atom. The molecule has 4 amide bonds. The molecule has 0 radical (unpaired) electrons. The van der Waals surface area contributed by atoms with Crippen molar-refractivity contribution in [3.05, 3.63) is 71.8 Å². The quantitative estimate of drug-likeness (QED) is 0.0218. The van der Waals surface area contributed by atoms with Gasteiger partial charge in [0.05, 0.1) is 48.6 Å². The van der Waals surface area contributed by atoms with Crippen molar-refractivity contribution in [2.24, 2.45) is 0 Å². The van der Waals surface area contributed by atoms with E-state index in [9.17, 15) is 39.6 Å². The van der Waals surface area contributed by atoms with Crippen LogP contribution in [0.3, 0.4) is 0 Å². The van der Waals surface area contributed by atoms with Crippen LogP contribution in [0.1, 0.15) is 408 Å². The lowest BCUT2D eigenvalue weighted by Gasteiger charge is -2.38. The third kappa shape index (κ3) is 26.9. The predicted octanol–water partition coefficient (Wildman–Crippen LogP) is 18.1. The average molecular weight is 2010 g/mol. The van der Waals surface area contributed by atoms with Gasteiger partial charge < -0.3 is 90.2 Å². The Morgan fingerprint density at radius 1 is 0.308 bits per heavy atom. The minimum absolute atomic E-state index is 0.00767. The van der Waals surface area contributed by atoms with Crippen LogP contribution in [0.4, 0.5) is 23.8 Å². The Morgan fingerprint density at radius 2 is 0.541 bits per heavy atom. The van der Waals surface area contributed by atoms with Gasteiger partial charge in [-0.3, -0.25) is 29.0 Å². The number of anilines is 4. The summed E-state index contributed by atoms with van der Waals surface area (Å²) in [6.45, 7) is 28.1. The molecule has 16 heterocycles. The van der Waals surface area contributed by atoms with E-state index < -0.39 is 0 Å². The van der Waals surface area contributed by atoms with Crippen molar-refractivity contribution in [2.45, 2.75) is 458 Å². The van der Waals surface area contributed by atoms with Gasteiger partial charge in [0.25, 0.3) is 0 Å². The largest absolute Gasteiger partial charge is 0.393 e. The van der Waals surface area contributed by atoms with Crippen molar-refractivity contribution in [2.75, 3.05) is 114 Å². The van der Waals surface area contributed by atoms with E-state index >= 15 is 0 Å². The smallest absolute Gasteiger partial charge is 0.239 e. The van der Waals surface area contributed by atoms with Gasteiger partial charge in [0.2, 0.25) is 47.4 Å². The van der Waals surface area contributed by atoms with E-state index in [-0.39, 0.29) is 60.4 Å². The maximum atomic E-state index is 13.3. The Bertz CT molecular complexity index is 5140. The van der Waals surface area contributed by atoms with E-state index in [0.717, 1.165) is 380 Å². The Labute approximate surface area is 868 Å². The molecule has 12 fully saturated rings. The van der Waals surface area contributed by atoms with Gasteiger partial charge >= 0.3 is 0 Å². The van der Waals surface area contributed by atoms with Gasteiger partial charge in [-0.2, -0.15) is 19.9 Å². The molecule has 804 valence electrons. The molecule has 8 aliphatic heterocycles. The van der Waals surface area contributed by atoms with Crippen LogP contribution in [0.5, 0.6) is 0 Å². The lowest BCUT2D eigenvalue weighted by molar-refractivity contribution is -0.139. The average Bonchev–Trinajstić information content (AvgIpc) is 1.63. The topological polar surface area (TPSA) is 364 Å². The molecular formula is C114H180N24O8. The SMILES string of the molecule is CCC[C@H](C)Nc1ncc2c(C3CCN(C(=O)C4CCCCN4C)CC3)cn(C3CCC(O)CC3)c2n1.CCC[C@H](C)Nc1ncc2c(C3CCN(C(=O)[C@@H]4CCCCN4)CC3)cn(C3CCC(O)CC3)c2n1.CCC[C@H](C)Nc1ncc2c(C3CCN(C(=O)[C@@H]4CCCCN4C)CC3)cn(C3CCC(O)CC3)c2n1.CCC[C@H](C)Nc1ncc2c(C3CCN(C(=O)[C@H]4CCCCN4)CC3)cn(C3CCC(O)CC3)c2n1. The number of nitrogens with one attached hydrogen (secondary N) is 6. The number of rotatable bonds is 28. The van der Waals surface area contributed by atoms with Gasteiger partial charge in [-0.05, 0) is 345 Å². The number of amides is 4. The van der Waals surface area contributed by atoms with Gasteiger partial charge in [0, 0.05) is 172 Å². The normalized spacial score (nSPS) is 26.8. The van der Waals surface area contributed by atoms with Crippen LogP contribution in [0.2, 0.25) is 0 Å². The molecule has 146 heavy (non-hydrogen) atoms. The highest BCUT2D eigenvalue weighted by Gasteiger charge is 2.41. The molecule has 1 unspecified atom stereocenters. The van der Waals surface area contributed by atoms with Crippen molar-refractivity contribution in [3.8, 4) is 0 Å². The number of nitrogens with zero attached hydrogens (tertiary/aromatic N) is 18. The second-order valence-electron chi connectivity index (χ2n) is 46.3. The molecule has 4 saturated carbocycles. The third-order valence-corrected chi connectivity index (χ3v) is 35.4. The first-order valence-corrected chi connectivity index (χ1v) is 58.3. The Kier molecular flexibility index (Phi) is 38.5. The molecule has 20 rings (SSSR count). The summed E-state index contributed by atoms with van der Waals surface area (Å²) >= 11 is 0. The van der Waals surface area contributed by atoms with Crippen molar-refractivity contribution in [3.63, 3.8) is 0 Å². The van der Waals surface area contributed by atoms with Crippen LogP contribution in [-0.4, -0.2) is 297 Å². The summed E-state index contributed by atoms with van der Waals surface area (Å²) in [4.78, 5) is 104. The first kappa shape index (κ1) is 108. The highest BCUT2D eigenvalue weighted by Crippen LogP contribution is 2.46. The lowest BCUT2D eigenvalue weighted by Crippen LogP contribution is -2.51. The minimum Gasteiger partial charge on any atom is -0.393 e. The molecule has 0 aromatic carbocycles. The van der Waals surface area contributed by atoms with Crippen LogP contribution < -0.4 is 31.9 Å². The number of aliphatic hydroxyl groups excluding tert-OH is 4. The van der Waals surface area contributed by atoms with Crippen LogP contribution >= 0.6 is 0 Å². The highest BCUT2D eigenvalue weighted by atomic mass is 16.3. The molecule has 10 N–H and O–H groups in total. The maximum absolute atomic E-state index is 13.3. The Balaban J connectivity index is 0.000000133. The summed E-state index contributed by atoms with van der Waals surface area (Å²) in [6, 6.07) is 2.91. The predicted molar refractivity (Wildman–Crippen MR) is 582 cm³/mol. The second kappa shape index (κ2) is 51.8. The molecule has 32 heteroatoms. The zero-order valence-electron chi connectivity index (χ0n) is 90.2. The fourth-order valence-corrected chi connectivity index (χ4v) is 26.6. The molecule has 8 aromatic heterocycles. The summed E-state index contributed by atoms with van der Waals surface area (Å²) in [5.74, 6) is 5.66. The number of likely N-dealkylation sites (tertiary alicyclic amines) is 6. The molecule has 4 aliphatic carbocycles. The molecule has 0 bridgehead atoms. The van der Waals surface area contributed by atoms with E-state index in [2.05, 4.69) is 174 Å². The molecule has 0 spiro atoms. The van der Waals surface area contributed by atoms with E-state index in [0.29, 0.717) is 108 Å². The Hall–Kier alpha value is -8.76. The summed E-state index contributed by atoms with van der Waals surface area (Å²) in [5, 5.41) is 65.7. The number of piperidine rings is 8. The van der Waals surface area contributed by atoms with Crippen molar-refractivity contribution < 1.29 is 39.6 Å². The number of carbonyl (C=O) groups excluding carboxylic acids is 4. The number of aliphatic hydroxyl groups is 4. The molecule has 8 atom stereocenters. The summed E-state index contributed by atoms with van der Waals surface area (Å²) < 4.78 is 9.50. The van der Waals surface area contributed by atoms with Gasteiger partial charge in [-0.15, -0.1) is 0 Å². The van der Waals surface area contributed by atoms with Crippen LogP contribution in [0.15, 0.2) is 49.6 Å². The third-order valence-electron chi connectivity index (χ3n) is 35.4. The van der Waals surface area contributed by atoms with Crippen LogP contribution in [0.25, 0.3) is 44.1 Å². The van der Waals surface area contributed by atoms with Crippen LogP contribution in [-0.2, 0) is 19.2 Å². The van der Waals surface area contributed by atoms with Gasteiger partial charge in [-0.25, -0.2) is 19.9 Å². The summed E-state index contributed by atoms with van der Waals surface area (Å²) in [7, 11) is 4.19. The zero-order chi connectivity index (χ0) is 102. The minimum atomic E-state index is -0.177. The molecular weight excluding hydrogens is 1830 g/mol. The van der Waals surface area contributed by atoms with E-state index in [1.807, 2.05) is 24.8 Å². The first-order valence-electron chi connectivity index (χ1n) is 58.3. The van der Waals surface area contributed by atoms with Gasteiger partial charge in [-0.1, -0.05) is 79.1 Å². The maximum Gasteiger partial charge on any atom is 0.239 e. The van der Waals surface area contributed by atoms with Crippen molar-refractivity contribution in [1.82, 2.24) is 98.2 Å². The van der Waals surface area contributed by atoms with Crippen molar-refractivity contribution in [1.29, 1.82) is 0 Å². The lowest BCUT2D eigenvalue weighted by atomic mass is 9.89. The fourth-order valence-electron chi connectivity index (χ4n) is 26.6. The van der Waals surface area contributed by atoms with E-state index in [4.69, 9.17) is 39.9 Å². The first-order chi connectivity index (χ1) is 70.9. The molecule has 8 saturated heterocycles. The number of aromatic nitrogens is 12. The van der Waals surface area contributed by atoms with Crippen LogP contribution in [0, 0.1) is 0 Å². The zero-order valence-corrected chi connectivity index (χ0v) is 90.2. The molecule has 32 nitrogen and oxygen atoms in total. The highest BCUT2D eigenvalue weighted by molar-refractivity contribution is 5.87. The number of fused-ring (bicyclic) bond motifs is 4. The standard InChI is InChI=1S/2C29H46N6O2.2C28H44N6O2/c2*1-4-7-20(2)31-29-30-18-24-25(19-35(27(24)32-29)22-9-11-23(36)12-10-22)21-13-16-34(17-14-21)28(37)26-8-5-6-15-33(26)3;2*1-3-6-19(2)31-28-30-17-23-24(18-34(26(23)32-28)21-8-10-22(35)11-9-21)20-12-15-33(16-13-20)27(36)25-7-4-5-14-29-25/h2*18-23,26,36H,4-17H2,1-3H3,(H,30,31,32);2*17-22,25,29,35H,3-16H2,1-2H3,(H,30,31,32)/t20-,22?,23?,26?;20-,22?,23?,26-;19-,21?,22?,25+;19-,21?,22?,25-/m0000/s1. The number of hydrogen-bond donors (Lipinski definition) is 10. The van der Waals surface area contributed by atoms with Crippen molar-refractivity contribution >= 4 is 91.6 Å². The van der Waals surface area contributed by atoms with E-state index in [1.165, 1.54) is 47.9 Å². The molecule has 12 aliphatic rings. The monoisotopic (exact) mass is 2010 g/mol. The summed E-state index contributed by atoms with van der Waals surface area (Å²) in [5.41, 5.74) is 9.36. The number of likely N-dealkylation sites (N-methyl/N-ethyl adjacent to an activating group) is 2. The van der Waals surface area contributed by atoms with Gasteiger partial charge in [0.15, 0.2) is 0 Å². The fraction of sp³-hybridized carbons (Fsp3) is 0.754. The second-order valence-corrected chi connectivity index (χ2v) is 46.3. The number of hydrogen-bond acceptors (Lipinski definition) is 24. The molecule has 8 aromatic rings. The van der Waals surface area contributed by atoms with Gasteiger partial charge in [0.1, 0.15) is 22.6 Å². The van der Waals surface area contributed by atoms with E-state index in [1.54, 1.807) is 0 Å².